The van der Waals surface area contributed by atoms with E-state index in [1.165, 1.54) is 0 Å². The van der Waals surface area contributed by atoms with E-state index in [2.05, 4.69) is 15.3 Å². The lowest BCUT2D eigenvalue weighted by molar-refractivity contribution is -0.135. The number of aryl methyl sites for hydroxylation is 2. The molecule has 2 aliphatic rings. The zero-order chi connectivity index (χ0) is 18.8. The van der Waals surface area contributed by atoms with Crippen LogP contribution >= 0.6 is 0 Å². The third kappa shape index (κ3) is 4.37. The highest BCUT2D eigenvalue weighted by Crippen LogP contribution is 2.38. The second-order valence-corrected chi connectivity index (χ2v) is 7.54. The fourth-order valence-electron chi connectivity index (χ4n) is 3.57. The molecule has 1 aliphatic heterocycles. The Morgan fingerprint density at radius 1 is 1.22 bits per heavy atom. The third-order valence-corrected chi connectivity index (χ3v) is 5.37. The fraction of sp³-hybridized carbons (Fsp3) is 0.684. The molecule has 1 saturated heterocycles. The van der Waals surface area contributed by atoms with Crippen LogP contribution in [0.2, 0.25) is 0 Å². The summed E-state index contributed by atoms with van der Waals surface area (Å²) in [5, 5.41) is 7.95. The van der Waals surface area contributed by atoms with Gasteiger partial charge in [0.1, 0.15) is 12.4 Å². The normalized spacial score (nSPS) is 20.2. The molecule has 1 saturated carbocycles. The number of likely N-dealkylation sites (tertiary alicyclic amines) is 1. The summed E-state index contributed by atoms with van der Waals surface area (Å²) in [6, 6.07) is 0. The Morgan fingerprint density at radius 3 is 2.81 bits per heavy atom. The molecule has 2 aromatic heterocycles. The van der Waals surface area contributed by atoms with E-state index >= 15 is 0 Å². The van der Waals surface area contributed by atoms with Crippen molar-refractivity contribution in [3.63, 3.8) is 0 Å². The summed E-state index contributed by atoms with van der Waals surface area (Å²) < 4.78 is 16.4. The van der Waals surface area contributed by atoms with E-state index in [0.29, 0.717) is 37.8 Å². The fourth-order valence-corrected chi connectivity index (χ4v) is 3.57. The van der Waals surface area contributed by atoms with Gasteiger partial charge in [-0.15, -0.1) is 0 Å². The highest BCUT2D eigenvalue weighted by Gasteiger charge is 2.29. The molecule has 1 amide bonds. The van der Waals surface area contributed by atoms with Gasteiger partial charge in [-0.25, -0.2) is 0 Å². The third-order valence-electron chi connectivity index (χ3n) is 5.37. The van der Waals surface area contributed by atoms with E-state index in [9.17, 15) is 4.79 Å². The number of rotatable bonds is 7. The van der Waals surface area contributed by atoms with Crippen molar-refractivity contribution < 1.29 is 18.6 Å². The molecular formula is C19H26N4O4. The van der Waals surface area contributed by atoms with Crippen molar-refractivity contribution in [3.05, 3.63) is 28.7 Å². The molecule has 1 atom stereocenters. The zero-order valence-electron chi connectivity index (χ0n) is 15.9. The maximum Gasteiger partial charge on any atom is 0.252 e. The molecule has 0 spiro atoms. The number of hydrogen-bond donors (Lipinski definition) is 0. The van der Waals surface area contributed by atoms with E-state index in [4.69, 9.17) is 13.8 Å². The summed E-state index contributed by atoms with van der Waals surface area (Å²) in [5.41, 5.74) is 1.90. The minimum atomic E-state index is 0.0121. The molecule has 27 heavy (non-hydrogen) atoms. The number of nitrogens with zero attached hydrogens (tertiary/aromatic N) is 4. The van der Waals surface area contributed by atoms with Crippen molar-refractivity contribution >= 4 is 5.91 Å². The van der Waals surface area contributed by atoms with Gasteiger partial charge in [-0.1, -0.05) is 10.3 Å². The number of piperidine rings is 1. The quantitative estimate of drug-likeness (QED) is 0.735. The predicted molar refractivity (Wildman–Crippen MR) is 95.0 cm³/mol. The smallest absolute Gasteiger partial charge is 0.252 e. The largest absolute Gasteiger partial charge is 0.367 e. The lowest BCUT2D eigenvalue weighted by Gasteiger charge is -2.32. The highest BCUT2D eigenvalue weighted by molar-refractivity contribution is 5.76. The first-order valence-corrected chi connectivity index (χ1v) is 9.73. The Bertz CT molecular complexity index is 776. The molecule has 8 heteroatoms. The Morgan fingerprint density at radius 2 is 2.07 bits per heavy atom. The van der Waals surface area contributed by atoms with Crippen molar-refractivity contribution in [2.75, 3.05) is 13.1 Å². The Balaban J connectivity index is 1.25. The summed E-state index contributed by atoms with van der Waals surface area (Å²) in [4.78, 5) is 18.9. The molecule has 1 aliphatic carbocycles. The van der Waals surface area contributed by atoms with Crippen molar-refractivity contribution in [2.24, 2.45) is 0 Å². The number of carbonyl (C=O) groups is 1. The van der Waals surface area contributed by atoms with Crippen LogP contribution in [0, 0.1) is 13.8 Å². The Labute approximate surface area is 158 Å². The Hall–Kier alpha value is -2.22. The number of aromatic nitrogens is 3. The van der Waals surface area contributed by atoms with E-state index in [-0.39, 0.29) is 12.0 Å². The van der Waals surface area contributed by atoms with E-state index in [1.54, 1.807) is 0 Å². The van der Waals surface area contributed by atoms with Crippen LogP contribution in [0.3, 0.4) is 0 Å². The number of carbonyl (C=O) groups excluding carboxylic acids is 1. The van der Waals surface area contributed by atoms with Crippen molar-refractivity contribution in [3.8, 4) is 0 Å². The second kappa shape index (κ2) is 7.80. The standard InChI is InChI=1S/C19H26N4O4/c1-12-16(13(2)26-21-12)7-8-18(24)23-9-3-4-15(10-23)25-11-17-20-19(22-27-17)14-5-6-14/h14-15H,3-11H2,1-2H3. The monoisotopic (exact) mass is 374 g/mol. The van der Waals surface area contributed by atoms with Crippen LogP contribution in [0.5, 0.6) is 0 Å². The van der Waals surface area contributed by atoms with Gasteiger partial charge in [0.15, 0.2) is 5.82 Å². The van der Waals surface area contributed by atoms with Gasteiger partial charge in [0.05, 0.1) is 11.8 Å². The molecule has 0 bridgehead atoms. The van der Waals surface area contributed by atoms with Crippen LogP contribution in [-0.4, -0.2) is 45.3 Å². The molecule has 146 valence electrons. The summed E-state index contributed by atoms with van der Waals surface area (Å²) in [7, 11) is 0. The minimum Gasteiger partial charge on any atom is -0.367 e. The number of hydrogen-bond acceptors (Lipinski definition) is 7. The lowest BCUT2D eigenvalue weighted by Crippen LogP contribution is -2.43. The maximum atomic E-state index is 12.6. The predicted octanol–water partition coefficient (Wildman–Crippen LogP) is 2.69. The average molecular weight is 374 g/mol. The van der Waals surface area contributed by atoms with E-state index in [1.807, 2.05) is 18.7 Å². The van der Waals surface area contributed by atoms with Gasteiger partial charge in [0.25, 0.3) is 5.89 Å². The van der Waals surface area contributed by atoms with Gasteiger partial charge in [-0.3, -0.25) is 4.79 Å². The Kier molecular flexibility index (Phi) is 5.24. The first-order valence-electron chi connectivity index (χ1n) is 9.73. The van der Waals surface area contributed by atoms with Gasteiger partial charge < -0.3 is 18.7 Å². The molecule has 2 fully saturated rings. The molecule has 0 aromatic carbocycles. The number of ether oxygens (including phenoxy) is 1. The highest BCUT2D eigenvalue weighted by atomic mass is 16.5. The maximum absolute atomic E-state index is 12.6. The SMILES string of the molecule is Cc1noc(C)c1CCC(=O)N1CCCC(OCc2nc(C3CC3)no2)C1. The van der Waals surface area contributed by atoms with Crippen molar-refractivity contribution in [1.29, 1.82) is 0 Å². The molecule has 0 N–H and O–H groups in total. The first kappa shape index (κ1) is 18.2. The zero-order valence-corrected chi connectivity index (χ0v) is 15.9. The summed E-state index contributed by atoms with van der Waals surface area (Å²) in [5.74, 6) is 2.75. The average Bonchev–Trinajstić information content (AvgIpc) is 3.34. The molecule has 0 radical (unpaired) electrons. The van der Waals surface area contributed by atoms with Crippen LogP contribution in [0.15, 0.2) is 9.05 Å². The van der Waals surface area contributed by atoms with Crippen molar-refractivity contribution in [2.45, 2.75) is 71.0 Å². The van der Waals surface area contributed by atoms with E-state index < -0.39 is 0 Å². The molecule has 4 rings (SSSR count). The van der Waals surface area contributed by atoms with E-state index in [0.717, 1.165) is 55.1 Å². The van der Waals surface area contributed by atoms with Gasteiger partial charge in [-0.05, 0) is 46.0 Å². The second-order valence-electron chi connectivity index (χ2n) is 7.54. The topological polar surface area (TPSA) is 94.5 Å². The summed E-state index contributed by atoms with van der Waals surface area (Å²) >= 11 is 0. The van der Waals surface area contributed by atoms with Crippen LogP contribution in [-0.2, 0) is 22.6 Å². The van der Waals surface area contributed by atoms with Crippen LogP contribution in [0.4, 0.5) is 0 Å². The summed E-state index contributed by atoms with van der Waals surface area (Å²) in [6.45, 7) is 5.51. The minimum absolute atomic E-state index is 0.0121. The van der Waals surface area contributed by atoms with Gasteiger partial charge in [0.2, 0.25) is 5.91 Å². The molecule has 3 heterocycles. The van der Waals surface area contributed by atoms with Crippen LogP contribution in [0.25, 0.3) is 0 Å². The summed E-state index contributed by atoms with van der Waals surface area (Å²) in [6.07, 6.45) is 5.31. The van der Waals surface area contributed by atoms with Gasteiger partial charge in [0, 0.05) is 31.0 Å². The molecule has 2 aromatic rings. The van der Waals surface area contributed by atoms with Gasteiger partial charge >= 0.3 is 0 Å². The van der Waals surface area contributed by atoms with Crippen LogP contribution < -0.4 is 0 Å². The van der Waals surface area contributed by atoms with Gasteiger partial charge in [-0.2, -0.15) is 4.98 Å². The number of amides is 1. The molecule has 8 nitrogen and oxygen atoms in total. The molecule has 1 unspecified atom stereocenters. The van der Waals surface area contributed by atoms with Crippen LogP contribution in [0.1, 0.15) is 66.8 Å². The lowest BCUT2D eigenvalue weighted by atomic mass is 10.1. The molecular weight excluding hydrogens is 348 g/mol. The first-order chi connectivity index (χ1) is 13.1. The van der Waals surface area contributed by atoms with Crippen molar-refractivity contribution in [1.82, 2.24) is 20.2 Å².